The smallest absolute Gasteiger partial charge is 0.463 e. The van der Waals surface area contributed by atoms with Crippen LogP contribution in [0.25, 0.3) is 0 Å². The maximum atomic E-state index is 13.8. The van der Waals surface area contributed by atoms with Crippen LogP contribution in [0.3, 0.4) is 0 Å². The van der Waals surface area contributed by atoms with Crippen LogP contribution in [-0.2, 0) is 90.3 Å². The van der Waals surface area contributed by atoms with Crippen LogP contribution in [0.5, 0.6) is 0 Å². The van der Waals surface area contributed by atoms with E-state index in [1.807, 2.05) is 83.3 Å². The highest BCUT2D eigenvalue weighted by molar-refractivity contribution is 14.1. The quantitative estimate of drug-likeness (QED) is 0.0161. The summed E-state index contributed by atoms with van der Waals surface area (Å²) < 4.78 is 122. The Kier molecular flexibility index (Phi) is 30.1. The molecule has 0 radical (unpaired) electrons. The summed E-state index contributed by atoms with van der Waals surface area (Å²) in [4.78, 5) is 70.9. The maximum Gasteiger partial charge on any atom is 0.510 e. The minimum Gasteiger partial charge on any atom is -0.463 e. The molecule has 0 aliphatic heterocycles. The number of hydrogen-bond donors (Lipinski definition) is 1. The number of ether oxygens (including phenoxy) is 8. The molecule has 2 aliphatic carbocycles. The SMILES string of the molecule is CCOC(=O)C1=CCCCC1S(=O)(=O)N(COC(=O)OCCCC(=O)OCc1ccccc1)c1ccc(F)cc1Cl.CCOC(=O)C1=CCCCC1S(=O)(=O)Nc1ccc(F)cc1Cl.O=C(CCCOC(=O)OCI)OCc1ccccc1. The molecule has 4 aromatic rings. The van der Waals surface area contributed by atoms with E-state index in [1.54, 1.807) is 19.9 Å². The third-order valence-corrected chi connectivity index (χ3v) is 16.4. The Morgan fingerprint density at radius 3 is 1.55 bits per heavy atom. The van der Waals surface area contributed by atoms with Gasteiger partial charge in [-0.05, 0) is 135 Å². The lowest BCUT2D eigenvalue weighted by Crippen LogP contribution is -2.44. The molecule has 0 amide bonds. The van der Waals surface area contributed by atoms with Gasteiger partial charge in [-0.1, -0.05) is 96.0 Å². The highest BCUT2D eigenvalue weighted by Gasteiger charge is 2.41. The number of nitrogens with zero attached hydrogens (tertiary/aromatic N) is 1. The Bertz CT molecular complexity index is 3090. The molecule has 2 aliphatic rings. The number of nitrogens with one attached hydrogen (secondary N) is 1. The first-order valence-electron chi connectivity index (χ1n) is 25.9. The van der Waals surface area contributed by atoms with Crippen molar-refractivity contribution in [2.45, 2.75) is 102 Å². The van der Waals surface area contributed by atoms with Crippen molar-refractivity contribution in [2.75, 3.05) is 46.8 Å². The number of sulfonamides is 2. The number of anilines is 2. The molecule has 83 heavy (non-hydrogen) atoms. The van der Waals surface area contributed by atoms with Crippen molar-refractivity contribution in [2.24, 2.45) is 0 Å². The lowest BCUT2D eigenvalue weighted by molar-refractivity contribution is -0.146. The number of halogens is 5. The summed E-state index contributed by atoms with van der Waals surface area (Å²) in [6.45, 7) is 2.94. The van der Waals surface area contributed by atoms with Crippen molar-refractivity contribution in [3.8, 4) is 0 Å². The van der Waals surface area contributed by atoms with Gasteiger partial charge in [0, 0.05) is 12.8 Å². The first-order chi connectivity index (χ1) is 39.7. The predicted molar refractivity (Wildman–Crippen MR) is 311 cm³/mol. The van der Waals surface area contributed by atoms with Gasteiger partial charge >= 0.3 is 36.2 Å². The first kappa shape index (κ1) is 68.9. The van der Waals surface area contributed by atoms with Gasteiger partial charge in [0.15, 0.2) is 6.73 Å². The van der Waals surface area contributed by atoms with Crippen molar-refractivity contribution in [1.29, 1.82) is 0 Å². The van der Waals surface area contributed by atoms with E-state index in [-0.39, 0.29) is 108 Å². The number of rotatable bonds is 25. The minimum atomic E-state index is -4.42. The molecule has 0 heterocycles. The van der Waals surface area contributed by atoms with Crippen LogP contribution in [0.15, 0.2) is 120 Å². The monoisotopic (exact) mass is 1350 g/mol. The summed E-state index contributed by atoms with van der Waals surface area (Å²) >= 11 is 13.9. The molecule has 6 rings (SSSR count). The molecule has 0 spiro atoms. The number of hydrogen-bond acceptors (Lipinski definition) is 18. The summed E-state index contributed by atoms with van der Waals surface area (Å²) in [7, 11) is -8.33. The Labute approximate surface area is 504 Å². The summed E-state index contributed by atoms with van der Waals surface area (Å²) in [5.74, 6) is -3.46. The predicted octanol–water partition coefficient (Wildman–Crippen LogP) is 11.6. The highest BCUT2D eigenvalue weighted by Crippen LogP contribution is 2.35. The lowest BCUT2D eigenvalue weighted by Gasteiger charge is -2.31. The van der Waals surface area contributed by atoms with Crippen LogP contribution < -0.4 is 9.03 Å². The van der Waals surface area contributed by atoms with E-state index in [0.717, 1.165) is 41.5 Å². The van der Waals surface area contributed by atoms with Gasteiger partial charge in [0.25, 0.3) is 0 Å². The minimum absolute atomic E-state index is 0.0174. The molecule has 1 N–H and O–H groups in total. The fraction of sp³-hybridized carbons (Fsp3) is 0.393. The zero-order valence-corrected chi connectivity index (χ0v) is 50.6. The molecule has 4 aromatic carbocycles. The standard InChI is InChI=1S/C28H31ClFNO9S.C15H17ClFNO4S.C13H15IO5/c1-2-37-27(33)22-11-6-7-12-25(22)41(35,36)31(24-15-14-21(30)17-23(24)29)19-40-28(34)38-16-8-13-26(32)39-18-20-9-4-3-5-10-20;1-2-22-15(19)11-5-3-4-6-14(11)23(20,21)18-13-8-7-10(17)9-12(13)16;14-10-19-13(16)17-8-4-7-12(15)18-9-11-5-2-1-3-6-11/h3-5,9-11,14-15,17,25H,2,6-8,12-13,16,18-19H2,1H3;5,7-9,14,18H,2-4,6H2,1H3;1-3,5-6H,4,7-10H2. The van der Waals surface area contributed by atoms with Gasteiger partial charge in [-0.25, -0.2) is 49.1 Å². The molecular weight excluding hydrogens is 1290 g/mol. The second-order valence-electron chi connectivity index (χ2n) is 17.6. The first-order valence-corrected chi connectivity index (χ1v) is 31.2. The van der Waals surface area contributed by atoms with Crippen LogP contribution in [0.1, 0.15) is 89.2 Å². The van der Waals surface area contributed by atoms with E-state index in [0.29, 0.717) is 42.8 Å². The topological polar surface area (TPSA) is 260 Å². The molecule has 0 fully saturated rings. The molecular formula is C56H63Cl2F2IN2O18S2. The number of allylic oxidation sites excluding steroid dienone is 2. The molecule has 27 heteroatoms. The molecule has 0 bridgehead atoms. The Morgan fingerprint density at radius 1 is 0.602 bits per heavy atom. The Balaban J connectivity index is 0.000000296. The van der Waals surface area contributed by atoms with E-state index in [9.17, 15) is 54.4 Å². The van der Waals surface area contributed by atoms with Gasteiger partial charge in [0.05, 0.1) is 59.0 Å². The number of esters is 4. The maximum absolute atomic E-state index is 13.8. The van der Waals surface area contributed by atoms with Crippen molar-refractivity contribution < 1.29 is 92.3 Å². The molecule has 452 valence electrons. The van der Waals surface area contributed by atoms with Gasteiger partial charge in [-0.2, -0.15) is 0 Å². The zero-order valence-electron chi connectivity index (χ0n) is 45.3. The number of carbonyl (C=O) groups is 6. The number of alkyl halides is 1. The fourth-order valence-corrected chi connectivity index (χ4v) is 12.1. The summed E-state index contributed by atoms with van der Waals surface area (Å²) in [6.07, 6.45) is 4.59. The molecule has 0 aromatic heterocycles. The second-order valence-corrected chi connectivity index (χ2v) is 22.9. The average molecular weight is 1350 g/mol. The van der Waals surface area contributed by atoms with Crippen LogP contribution in [0.2, 0.25) is 10.0 Å². The molecule has 0 saturated heterocycles. The Hall–Kier alpha value is -6.55. The van der Waals surface area contributed by atoms with Crippen molar-refractivity contribution >= 4 is 113 Å². The van der Waals surface area contributed by atoms with Crippen molar-refractivity contribution in [3.05, 3.63) is 153 Å². The van der Waals surface area contributed by atoms with Crippen LogP contribution in [-0.4, -0.2) is 101 Å². The van der Waals surface area contributed by atoms with Crippen LogP contribution in [0, 0.1) is 11.6 Å². The van der Waals surface area contributed by atoms with E-state index in [2.05, 4.69) is 9.46 Å². The molecule has 2 unspecified atom stereocenters. The van der Waals surface area contributed by atoms with E-state index >= 15 is 0 Å². The third-order valence-electron chi connectivity index (χ3n) is 11.6. The summed E-state index contributed by atoms with van der Waals surface area (Å²) in [5, 5.41) is -2.63. The molecule has 20 nitrogen and oxygen atoms in total. The lowest BCUT2D eigenvalue weighted by atomic mass is 9.99. The van der Waals surface area contributed by atoms with Gasteiger partial charge in [-0.3, -0.25) is 14.3 Å². The van der Waals surface area contributed by atoms with Crippen molar-refractivity contribution in [3.63, 3.8) is 0 Å². The normalized spacial score (nSPS) is 14.6. The second kappa shape index (κ2) is 36.2. The van der Waals surface area contributed by atoms with E-state index in [4.69, 9.17) is 56.4 Å². The van der Waals surface area contributed by atoms with Gasteiger partial charge in [0.1, 0.15) is 40.0 Å². The van der Waals surface area contributed by atoms with Crippen LogP contribution in [0.4, 0.5) is 29.7 Å². The van der Waals surface area contributed by atoms with Gasteiger partial charge in [-0.15, -0.1) is 0 Å². The third kappa shape index (κ3) is 23.9. The number of benzene rings is 4. The zero-order chi connectivity index (χ0) is 60.8. The summed E-state index contributed by atoms with van der Waals surface area (Å²) in [5.41, 5.74) is 1.78. The van der Waals surface area contributed by atoms with E-state index < -0.39 is 79.1 Å². The van der Waals surface area contributed by atoms with E-state index in [1.165, 1.54) is 12.1 Å². The molecule has 2 atom stereocenters. The largest absolute Gasteiger partial charge is 0.510 e. The fourth-order valence-electron chi connectivity index (χ4n) is 7.70. The van der Waals surface area contributed by atoms with Crippen molar-refractivity contribution in [1.82, 2.24) is 0 Å². The van der Waals surface area contributed by atoms with Gasteiger partial charge < -0.3 is 37.9 Å². The summed E-state index contributed by atoms with van der Waals surface area (Å²) in [6, 6.07) is 25.0. The average Bonchev–Trinajstić information content (AvgIpc) is 3.16. The van der Waals surface area contributed by atoms with Gasteiger partial charge in [0.2, 0.25) is 20.0 Å². The Morgan fingerprint density at radius 2 is 1.07 bits per heavy atom. The highest BCUT2D eigenvalue weighted by atomic mass is 127. The van der Waals surface area contributed by atoms with Crippen LogP contribution >= 0.6 is 45.8 Å². The number of carbonyl (C=O) groups excluding carboxylic acids is 6. The molecule has 0 saturated carbocycles.